The van der Waals surface area contributed by atoms with Crippen LogP contribution in [0.15, 0.2) is 0 Å². The minimum Gasteiger partial charge on any atom is -0.365 e. The Morgan fingerprint density at radius 1 is 0.850 bits per heavy atom. The van der Waals surface area contributed by atoms with Gasteiger partial charge in [-0.05, 0) is 20.9 Å². The minimum absolute atomic E-state index is 0.147. The van der Waals surface area contributed by atoms with Crippen LogP contribution in [0.5, 0.6) is 0 Å². The summed E-state index contributed by atoms with van der Waals surface area (Å²) in [5, 5.41) is 19.7. The van der Waals surface area contributed by atoms with Crippen LogP contribution in [0, 0.1) is 0 Å². The maximum atomic E-state index is 11.3. The van der Waals surface area contributed by atoms with Gasteiger partial charge < -0.3 is 11.5 Å². The third kappa shape index (κ3) is 2.94. The number of carbonyl (C=O) groups excluding carboxylic acids is 2. The fourth-order valence-electron chi connectivity index (χ4n) is 0.909. The van der Waals surface area contributed by atoms with E-state index in [1.54, 1.807) is 0 Å². The number of nitrogen functional groups attached to an aromatic ring is 2. The van der Waals surface area contributed by atoms with Gasteiger partial charge in [0, 0.05) is 0 Å². The van der Waals surface area contributed by atoms with Gasteiger partial charge in [0.25, 0.3) is 11.9 Å². The highest BCUT2D eigenvalue weighted by Gasteiger charge is 2.09. The molecule has 0 saturated heterocycles. The Morgan fingerprint density at radius 3 is 1.55 bits per heavy atom. The van der Waals surface area contributed by atoms with Crippen LogP contribution < -0.4 is 33.2 Å². The van der Waals surface area contributed by atoms with Crippen molar-refractivity contribution in [3.63, 3.8) is 0 Å². The second kappa shape index (κ2) is 5.29. The zero-order valence-electron chi connectivity index (χ0n) is 9.55. The van der Waals surface area contributed by atoms with Crippen LogP contribution in [-0.2, 0) is 0 Å². The number of hydrogen-bond acceptors (Lipinski definition) is 10. The lowest BCUT2D eigenvalue weighted by molar-refractivity contribution is 0.233. The van der Waals surface area contributed by atoms with Crippen LogP contribution in [0.4, 0.5) is 21.5 Å². The van der Waals surface area contributed by atoms with Gasteiger partial charge in [0.2, 0.25) is 0 Å². The maximum Gasteiger partial charge on any atom is 0.354 e. The van der Waals surface area contributed by atoms with E-state index in [0.717, 1.165) is 9.58 Å². The molecule has 8 N–H and O–H groups in total. The Balaban J connectivity index is 1.77. The number of amides is 4. The lowest BCUT2D eigenvalue weighted by atomic mass is 11.0. The standard InChI is InChI=1S/C4H8N14O2/c5-1-7-13-15-17(1)11-3(19)9-10-4(20)12-18-2(6)8-14-16-18/h(H2,5,7,15)(H2,6,8,16)(H2,9,11,19)(H2,10,12,20). The first-order chi connectivity index (χ1) is 9.56. The summed E-state index contributed by atoms with van der Waals surface area (Å²) in [6.45, 7) is 0. The van der Waals surface area contributed by atoms with Gasteiger partial charge in [0.1, 0.15) is 0 Å². The van der Waals surface area contributed by atoms with Crippen LogP contribution in [0.1, 0.15) is 0 Å². The molecule has 20 heavy (non-hydrogen) atoms. The highest BCUT2D eigenvalue weighted by molar-refractivity contribution is 5.87. The Kier molecular flexibility index (Phi) is 3.36. The summed E-state index contributed by atoms with van der Waals surface area (Å²) in [5.41, 5.74) is 18.8. The molecule has 16 heteroatoms. The van der Waals surface area contributed by atoms with Crippen molar-refractivity contribution >= 4 is 24.0 Å². The number of nitrogens with zero attached hydrogens (tertiary/aromatic N) is 8. The second-order valence-electron chi connectivity index (χ2n) is 3.03. The lowest BCUT2D eigenvalue weighted by Gasteiger charge is -2.09. The first kappa shape index (κ1) is 12.7. The molecule has 0 unspecified atom stereocenters. The third-order valence-corrected chi connectivity index (χ3v) is 1.69. The van der Waals surface area contributed by atoms with Gasteiger partial charge in [-0.25, -0.2) is 31.3 Å². The molecule has 2 aromatic heterocycles. The van der Waals surface area contributed by atoms with Crippen molar-refractivity contribution in [2.24, 2.45) is 0 Å². The largest absolute Gasteiger partial charge is 0.365 e. The van der Waals surface area contributed by atoms with Crippen LogP contribution in [-0.4, -0.2) is 52.7 Å². The monoisotopic (exact) mass is 284 g/mol. The van der Waals surface area contributed by atoms with Crippen molar-refractivity contribution in [3.8, 4) is 0 Å². The number of anilines is 2. The number of urea groups is 2. The van der Waals surface area contributed by atoms with Crippen LogP contribution in [0.2, 0.25) is 0 Å². The summed E-state index contributed by atoms with van der Waals surface area (Å²) in [6.07, 6.45) is 0. The minimum atomic E-state index is -0.858. The zero-order chi connectivity index (χ0) is 14.5. The quantitative estimate of drug-likeness (QED) is 0.292. The van der Waals surface area contributed by atoms with Gasteiger partial charge in [-0.2, -0.15) is 0 Å². The van der Waals surface area contributed by atoms with E-state index in [-0.39, 0.29) is 11.9 Å². The molecule has 106 valence electrons. The topological polar surface area (TPSA) is 221 Å². The number of hydrogen-bond donors (Lipinski definition) is 6. The number of hydrazine groups is 1. The fourth-order valence-corrected chi connectivity index (χ4v) is 0.909. The number of rotatable bonds is 2. The average molecular weight is 284 g/mol. The molecule has 0 atom stereocenters. The van der Waals surface area contributed by atoms with E-state index in [1.807, 2.05) is 10.9 Å². The van der Waals surface area contributed by atoms with Crippen molar-refractivity contribution < 1.29 is 9.59 Å². The summed E-state index contributed by atoms with van der Waals surface area (Å²) in [4.78, 5) is 24.2. The maximum absolute atomic E-state index is 11.3. The Labute approximate surface area is 108 Å². The zero-order valence-corrected chi connectivity index (χ0v) is 9.55. The lowest BCUT2D eigenvalue weighted by Crippen LogP contribution is -2.49. The molecule has 0 bridgehead atoms. The van der Waals surface area contributed by atoms with Crippen LogP contribution in [0.3, 0.4) is 0 Å². The fraction of sp³-hybridized carbons (Fsp3) is 0. The molecule has 0 aromatic carbocycles. The van der Waals surface area contributed by atoms with E-state index in [4.69, 9.17) is 11.5 Å². The molecule has 2 rings (SSSR count). The summed E-state index contributed by atoms with van der Waals surface area (Å²) >= 11 is 0. The van der Waals surface area contributed by atoms with E-state index in [1.165, 1.54) is 0 Å². The van der Waals surface area contributed by atoms with Crippen LogP contribution >= 0.6 is 0 Å². The predicted molar refractivity (Wildman–Crippen MR) is 60.2 cm³/mol. The molecule has 16 nitrogen and oxygen atoms in total. The highest BCUT2D eigenvalue weighted by Crippen LogP contribution is 1.87. The van der Waals surface area contributed by atoms with Gasteiger partial charge >= 0.3 is 12.1 Å². The van der Waals surface area contributed by atoms with Gasteiger partial charge in [0.05, 0.1) is 0 Å². The van der Waals surface area contributed by atoms with Crippen LogP contribution in [0.25, 0.3) is 0 Å². The molecule has 0 aliphatic rings. The summed E-state index contributed by atoms with van der Waals surface area (Å²) < 4.78 is 0. The highest BCUT2D eigenvalue weighted by atomic mass is 16.2. The first-order valence-corrected chi connectivity index (χ1v) is 4.78. The number of nitrogens with two attached hydrogens (primary N) is 2. The summed E-state index contributed by atoms with van der Waals surface area (Å²) in [5.74, 6) is -0.294. The molecule has 4 amide bonds. The van der Waals surface area contributed by atoms with Gasteiger partial charge in [-0.15, -0.1) is 9.58 Å². The summed E-state index contributed by atoms with van der Waals surface area (Å²) in [6, 6.07) is -1.72. The number of aromatic nitrogens is 8. The Bertz CT molecular complexity index is 558. The molecule has 0 aliphatic heterocycles. The first-order valence-electron chi connectivity index (χ1n) is 4.78. The van der Waals surface area contributed by atoms with Crippen molar-refractivity contribution in [1.29, 1.82) is 0 Å². The number of carbonyl (C=O) groups is 2. The Hall–Kier alpha value is -3.72. The smallest absolute Gasteiger partial charge is 0.354 e. The van der Waals surface area contributed by atoms with Crippen molar-refractivity contribution in [3.05, 3.63) is 0 Å². The molecule has 0 spiro atoms. The van der Waals surface area contributed by atoms with Gasteiger partial charge in [-0.1, -0.05) is 10.2 Å². The second-order valence-corrected chi connectivity index (χ2v) is 3.03. The number of nitrogens with one attached hydrogen (secondary N) is 4. The van der Waals surface area contributed by atoms with Crippen molar-refractivity contribution in [2.75, 3.05) is 22.3 Å². The molecule has 0 aliphatic carbocycles. The molecular weight excluding hydrogens is 276 g/mol. The average Bonchev–Trinajstić information content (AvgIpc) is 2.98. The van der Waals surface area contributed by atoms with E-state index in [2.05, 4.69) is 41.9 Å². The van der Waals surface area contributed by atoms with Crippen molar-refractivity contribution in [2.45, 2.75) is 0 Å². The molecule has 0 radical (unpaired) electrons. The molecule has 2 aromatic rings. The van der Waals surface area contributed by atoms with E-state index < -0.39 is 12.1 Å². The van der Waals surface area contributed by atoms with Gasteiger partial charge in [0.15, 0.2) is 0 Å². The molecule has 0 fully saturated rings. The molecule has 0 saturated carbocycles. The SMILES string of the molecule is Nc1nnnn1NC(=O)NNC(=O)Nn1nnnc1N. The summed E-state index contributed by atoms with van der Waals surface area (Å²) in [7, 11) is 0. The van der Waals surface area contributed by atoms with E-state index in [9.17, 15) is 9.59 Å². The number of tetrazole rings is 2. The van der Waals surface area contributed by atoms with Crippen molar-refractivity contribution in [1.82, 2.24) is 51.5 Å². The van der Waals surface area contributed by atoms with E-state index in [0.29, 0.717) is 0 Å². The third-order valence-electron chi connectivity index (χ3n) is 1.69. The molecular formula is C4H8N14O2. The Morgan fingerprint density at radius 2 is 1.25 bits per heavy atom. The van der Waals surface area contributed by atoms with E-state index >= 15 is 0 Å². The normalized spacial score (nSPS) is 9.80. The molecule has 2 heterocycles. The predicted octanol–water partition coefficient (Wildman–Crippen LogP) is -4.05. The van der Waals surface area contributed by atoms with Gasteiger partial charge in [-0.3, -0.25) is 0 Å².